The number of nitrogens with zero attached hydrogens (tertiary/aromatic N) is 1. The lowest BCUT2D eigenvalue weighted by molar-refractivity contribution is -0.131. The van der Waals surface area contributed by atoms with Crippen molar-refractivity contribution < 1.29 is 9.53 Å². The van der Waals surface area contributed by atoms with Gasteiger partial charge in [0.15, 0.2) is 0 Å². The van der Waals surface area contributed by atoms with Crippen LogP contribution in [0.1, 0.15) is 38.5 Å². The number of hydrogen-bond acceptors (Lipinski definition) is 4. The average Bonchev–Trinajstić information content (AvgIpc) is 2.95. The number of carbonyl (C=O) groups is 1. The maximum atomic E-state index is 13.1. The number of rotatable bonds is 6. The van der Waals surface area contributed by atoms with Gasteiger partial charge in [-0.05, 0) is 25.7 Å². The molecule has 0 unspecified atom stereocenters. The molecule has 1 amide bonds. The van der Waals surface area contributed by atoms with Gasteiger partial charge in [-0.25, -0.2) is 0 Å². The molecule has 2 saturated carbocycles. The highest BCUT2D eigenvalue weighted by Crippen LogP contribution is 2.46. The number of likely N-dealkylation sites (tertiary alicyclic amines) is 1. The van der Waals surface area contributed by atoms with Crippen LogP contribution in [0.3, 0.4) is 0 Å². The van der Waals surface area contributed by atoms with E-state index >= 15 is 0 Å². The van der Waals surface area contributed by atoms with Gasteiger partial charge in [-0.3, -0.25) is 9.69 Å². The Hall–Kier alpha value is -0.650. The number of methoxy groups -OCH3 is 1. The predicted molar refractivity (Wildman–Crippen MR) is 89.2 cm³/mol. The van der Waals surface area contributed by atoms with Crippen molar-refractivity contribution in [2.24, 2.45) is 16.7 Å². The van der Waals surface area contributed by atoms with Crippen LogP contribution in [0.5, 0.6) is 0 Å². The van der Waals surface area contributed by atoms with Gasteiger partial charge in [0.2, 0.25) is 5.91 Å². The molecule has 0 aromatic carbocycles. The molecule has 0 aromatic heterocycles. The zero-order valence-electron chi connectivity index (χ0n) is 14.4. The SMILES string of the molecule is COCC1(CNC(=O)[C@]23CNC[C@H]2CN(C2CCCC2)C3)CC1. The van der Waals surface area contributed by atoms with Gasteiger partial charge in [-0.2, -0.15) is 0 Å². The van der Waals surface area contributed by atoms with Gasteiger partial charge in [-0.15, -0.1) is 0 Å². The van der Waals surface area contributed by atoms with Crippen LogP contribution in [0.2, 0.25) is 0 Å². The van der Waals surface area contributed by atoms with Crippen molar-refractivity contribution in [2.45, 2.75) is 44.6 Å². The number of hydrogen-bond donors (Lipinski definition) is 2. The molecule has 0 bridgehead atoms. The predicted octanol–water partition coefficient (Wildman–Crippen LogP) is 0.993. The summed E-state index contributed by atoms with van der Waals surface area (Å²) in [6, 6.07) is 0.730. The standard InChI is InChI=1S/C18H31N3O2/c1-23-13-17(6-7-17)10-20-16(22)18-11-19-8-14(18)9-21(12-18)15-4-2-3-5-15/h14-15,19H,2-13H2,1H3,(H,20,22)/t14-,18-/m0/s1. The first-order chi connectivity index (χ1) is 11.2. The molecule has 4 fully saturated rings. The van der Waals surface area contributed by atoms with Crippen LogP contribution >= 0.6 is 0 Å². The van der Waals surface area contributed by atoms with Crippen molar-refractivity contribution in [3.8, 4) is 0 Å². The monoisotopic (exact) mass is 321 g/mol. The molecule has 2 atom stereocenters. The molecular weight excluding hydrogens is 290 g/mol. The highest BCUT2D eigenvalue weighted by atomic mass is 16.5. The topological polar surface area (TPSA) is 53.6 Å². The van der Waals surface area contributed by atoms with Gasteiger partial charge >= 0.3 is 0 Å². The number of ether oxygens (including phenoxy) is 1. The molecule has 5 heteroatoms. The summed E-state index contributed by atoms with van der Waals surface area (Å²) >= 11 is 0. The third kappa shape index (κ3) is 2.81. The van der Waals surface area contributed by atoms with Crippen molar-refractivity contribution in [1.29, 1.82) is 0 Å². The summed E-state index contributed by atoms with van der Waals surface area (Å²) in [6.07, 6.45) is 7.75. The van der Waals surface area contributed by atoms with Gasteiger partial charge in [0.25, 0.3) is 0 Å². The van der Waals surface area contributed by atoms with Crippen molar-refractivity contribution in [3.63, 3.8) is 0 Å². The van der Waals surface area contributed by atoms with Gasteiger partial charge < -0.3 is 15.4 Å². The molecule has 2 aliphatic carbocycles. The van der Waals surface area contributed by atoms with Gasteiger partial charge in [0.1, 0.15) is 0 Å². The van der Waals surface area contributed by atoms with E-state index in [2.05, 4.69) is 15.5 Å². The minimum atomic E-state index is -0.189. The maximum absolute atomic E-state index is 13.1. The molecule has 2 aliphatic heterocycles. The number of fused-ring (bicyclic) bond motifs is 1. The Balaban J connectivity index is 1.40. The van der Waals surface area contributed by atoms with E-state index in [-0.39, 0.29) is 16.7 Å². The van der Waals surface area contributed by atoms with E-state index in [4.69, 9.17) is 4.74 Å². The zero-order chi connectivity index (χ0) is 15.9. The Morgan fingerprint density at radius 3 is 2.83 bits per heavy atom. The second-order valence-corrected chi connectivity index (χ2v) is 8.47. The fraction of sp³-hybridized carbons (Fsp3) is 0.944. The third-order valence-electron chi connectivity index (χ3n) is 6.88. The number of nitrogens with one attached hydrogen (secondary N) is 2. The molecule has 4 aliphatic rings. The molecule has 0 spiro atoms. The first-order valence-corrected chi connectivity index (χ1v) is 9.40. The summed E-state index contributed by atoms with van der Waals surface area (Å²) in [7, 11) is 1.76. The molecule has 2 saturated heterocycles. The van der Waals surface area contributed by atoms with Gasteiger partial charge in [0.05, 0.1) is 12.0 Å². The molecular formula is C18H31N3O2. The summed E-state index contributed by atoms with van der Waals surface area (Å²) in [5.41, 5.74) is 0.0397. The second-order valence-electron chi connectivity index (χ2n) is 8.47. The summed E-state index contributed by atoms with van der Waals surface area (Å²) < 4.78 is 5.32. The average molecular weight is 321 g/mol. The molecule has 0 aromatic rings. The lowest BCUT2D eigenvalue weighted by atomic mass is 9.80. The number of amides is 1. The Bertz CT molecular complexity index is 459. The Morgan fingerprint density at radius 1 is 1.35 bits per heavy atom. The highest BCUT2D eigenvalue weighted by Gasteiger charge is 2.56. The highest BCUT2D eigenvalue weighted by molar-refractivity contribution is 5.84. The molecule has 23 heavy (non-hydrogen) atoms. The smallest absolute Gasteiger partial charge is 0.229 e. The summed E-state index contributed by atoms with van der Waals surface area (Å²) in [6.45, 7) is 5.48. The molecule has 4 rings (SSSR count). The van der Waals surface area contributed by atoms with E-state index in [9.17, 15) is 4.79 Å². The molecule has 2 N–H and O–H groups in total. The van der Waals surface area contributed by atoms with Crippen molar-refractivity contribution in [3.05, 3.63) is 0 Å². The third-order valence-corrected chi connectivity index (χ3v) is 6.88. The zero-order valence-corrected chi connectivity index (χ0v) is 14.4. The molecule has 2 heterocycles. The minimum absolute atomic E-state index is 0.189. The van der Waals surface area contributed by atoms with Crippen LogP contribution in [0, 0.1) is 16.7 Å². The normalized spacial score (nSPS) is 36.3. The maximum Gasteiger partial charge on any atom is 0.229 e. The van der Waals surface area contributed by atoms with E-state index in [0.29, 0.717) is 5.92 Å². The summed E-state index contributed by atoms with van der Waals surface area (Å²) in [5, 5.41) is 6.78. The van der Waals surface area contributed by atoms with E-state index < -0.39 is 0 Å². The van der Waals surface area contributed by atoms with E-state index in [0.717, 1.165) is 45.4 Å². The van der Waals surface area contributed by atoms with Crippen LogP contribution < -0.4 is 10.6 Å². The van der Waals surface area contributed by atoms with Crippen LogP contribution in [0.25, 0.3) is 0 Å². The fourth-order valence-corrected chi connectivity index (χ4v) is 5.13. The van der Waals surface area contributed by atoms with Gasteiger partial charge in [-0.1, -0.05) is 12.8 Å². The summed E-state index contributed by atoms with van der Waals surface area (Å²) in [5.74, 6) is 0.774. The fourth-order valence-electron chi connectivity index (χ4n) is 5.13. The second kappa shape index (κ2) is 6.01. The van der Waals surface area contributed by atoms with Crippen LogP contribution in [-0.4, -0.2) is 63.3 Å². The van der Waals surface area contributed by atoms with Crippen LogP contribution in [-0.2, 0) is 9.53 Å². The van der Waals surface area contributed by atoms with Gasteiger partial charge in [0, 0.05) is 57.2 Å². The quantitative estimate of drug-likeness (QED) is 0.766. The van der Waals surface area contributed by atoms with Crippen molar-refractivity contribution in [2.75, 3.05) is 46.4 Å². The minimum Gasteiger partial charge on any atom is -0.384 e. The van der Waals surface area contributed by atoms with Crippen molar-refractivity contribution >= 4 is 5.91 Å². The summed E-state index contributed by atoms with van der Waals surface area (Å²) in [4.78, 5) is 15.7. The largest absolute Gasteiger partial charge is 0.384 e. The van der Waals surface area contributed by atoms with E-state index in [1.807, 2.05) is 0 Å². The molecule has 130 valence electrons. The Labute approximate surface area is 139 Å². The van der Waals surface area contributed by atoms with E-state index in [1.54, 1.807) is 7.11 Å². The van der Waals surface area contributed by atoms with Crippen LogP contribution in [0.15, 0.2) is 0 Å². The lowest BCUT2D eigenvalue weighted by Gasteiger charge is -2.29. The van der Waals surface area contributed by atoms with E-state index in [1.165, 1.54) is 38.5 Å². The van der Waals surface area contributed by atoms with Crippen LogP contribution in [0.4, 0.5) is 0 Å². The Morgan fingerprint density at radius 2 is 2.13 bits per heavy atom. The van der Waals surface area contributed by atoms with Crippen molar-refractivity contribution in [1.82, 2.24) is 15.5 Å². The Kier molecular flexibility index (Phi) is 4.14. The lowest BCUT2D eigenvalue weighted by Crippen LogP contribution is -2.49. The molecule has 5 nitrogen and oxygen atoms in total. The first-order valence-electron chi connectivity index (χ1n) is 9.40. The number of carbonyl (C=O) groups excluding carboxylic acids is 1. The molecule has 0 radical (unpaired) electrons. The first kappa shape index (κ1) is 15.9.